The number of anilines is 2. The summed E-state index contributed by atoms with van der Waals surface area (Å²) in [4.78, 5) is 23.7. The number of hydrogen-bond acceptors (Lipinski definition) is 3. The molecule has 5 nitrogen and oxygen atoms in total. The minimum Gasteiger partial charge on any atom is -0.492 e. The summed E-state index contributed by atoms with van der Waals surface area (Å²) in [5.41, 5.74) is 2.60. The molecule has 0 atom stereocenters. The Morgan fingerprint density at radius 1 is 1.04 bits per heavy atom. The normalized spacial score (nSPS) is 10.0. The molecule has 23 heavy (non-hydrogen) atoms. The average molecular weight is 312 g/mol. The molecule has 0 spiro atoms. The van der Waals surface area contributed by atoms with Crippen LogP contribution in [0.4, 0.5) is 11.4 Å². The molecule has 0 saturated heterocycles. The molecule has 2 amide bonds. The lowest BCUT2D eigenvalue weighted by molar-refractivity contribution is -0.114. The fourth-order valence-corrected chi connectivity index (χ4v) is 2.13. The standard InChI is InChI=1S/C18H20N2O3/c1-4-23-17-8-6-5-7-15(17)20-18(22)14-10-9-12(2)16(11-14)19-13(3)21/h5-11H,4H2,1-3H3,(H,19,21)(H,20,22). The number of para-hydroxylation sites is 2. The van der Waals surface area contributed by atoms with E-state index in [1.54, 1.807) is 30.3 Å². The van der Waals surface area contributed by atoms with Crippen molar-refractivity contribution in [2.45, 2.75) is 20.8 Å². The lowest BCUT2D eigenvalue weighted by Gasteiger charge is -2.12. The van der Waals surface area contributed by atoms with Crippen LogP contribution in [0.25, 0.3) is 0 Å². The van der Waals surface area contributed by atoms with E-state index in [2.05, 4.69) is 10.6 Å². The smallest absolute Gasteiger partial charge is 0.255 e. The highest BCUT2D eigenvalue weighted by atomic mass is 16.5. The van der Waals surface area contributed by atoms with Crippen molar-refractivity contribution in [3.63, 3.8) is 0 Å². The Morgan fingerprint density at radius 2 is 1.78 bits per heavy atom. The summed E-state index contributed by atoms with van der Waals surface area (Å²) in [6, 6.07) is 12.4. The van der Waals surface area contributed by atoms with E-state index in [4.69, 9.17) is 4.74 Å². The third-order valence-corrected chi connectivity index (χ3v) is 3.25. The monoisotopic (exact) mass is 312 g/mol. The van der Waals surface area contributed by atoms with Crippen LogP contribution in [0.2, 0.25) is 0 Å². The van der Waals surface area contributed by atoms with Crippen LogP contribution in [0.5, 0.6) is 5.75 Å². The number of aryl methyl sites for hydroxylation is 1. The van der Waals surface area contributed by atoms with Crippen LogP contribution >= 0.6 is 0 Å². The van der Waals surface area contributed by atoms with Crippen molar-refractivity contribution in [3.8, 4) is 5.75 Å². The van der Waals surface area contributed by atoms with Gasteiger partial charge in [-0.05, 0) is 43.7 Å². The second-order valence-corrected chi connectivity index (χ2v) is 5.09. The van der Waals surface area contributed by atoms with Gasteiger partial charge in [0.1, 0.15) is 5.75 Å². The fraction of sp³-hybridized carbons (Fsp3) is 0.222. The molecule has 0 aliphatic rings. The minimum atomic E-state index is -0.260. The number of carbonyl (C=O) groups excluding carboxylic acids is 2. The van der Waals surface area contributed by atoms with Gasteiger partial charge in [-0.1, -0.05) is 18.2 Å². The lowest BCUT2D eigenvalue weighted by atomic mass is 10.1. The second-order valence-electron chi connectivity index (χ2n) is 5.09. The van der Waals surface area contributed by atoms with Crippen LogP contribution < -0.4 is 15.4 Å². The van der Waals surface area contributed by atoms with Gasteiger partial charge in [-0.3, -0.25) is 9.59 Å². The zero-order valence-corrected chi connectivity index (χ0v) is 13.5. The Bertz CT molecular complexity index is 726. The van der Waals surface area contributed by atoms with Gasteiger partial charge in [0, 0.05) is 18.2 Å². The third-order valence-electron chi connectivity index (χ3n) is 3.25. The van der Waals surface area contributed by atoms with E-state index in [1.807, 2.05) is 26.0 Å². The number of amides is 2. The molecule has 5 heteroatoms. The first-order valence-electron chi connectivity index (χ1n) is 7.42. The number of nitrogens with one attached hydrogen (secondary N) is 2. The molecule has 0 radical (unpaired) electrons. The predicted molar refractivity (Wildman–Crippen MR) is 91.0 cm³/mol. The highest BCUT2D eigenvalue weighted by Crippen LogP contribution is 2.25. The SMILES string of the molecule is CCOc1ccccc1NC(=O)c1ccc(C)c(NC(C)=O)c1. The predicted octanol–water partition coefficient (Wildman–Crippen LogP) is 3.60. The first-order valence-corrected chi connectivity index (χ1v) is 7.42. The van der Waals surface area contributed by atoms with Crippen molar-refractivity contribution in [2.75, 3.05) is 17.2 Å². The van der Waals surface area contributed by atoms with Gasteiger partial charge in [-0.15, -0.1) is 0 Å². The van der Waals surface area contributed by atoms with E-state index in [0.717, 1.165) is 5.56 Å². The number of carbonyl (C=O) groups is 2. The molecule has 0 aromatic heterocycles. The molecule has 0 fully saturated rings. The summed E-state index contributed by atoms with van der Waals surface area (Å²) in [6.45, 7) is 5.71. The molecular weight excluding hydrogens is 292 g/mol. The molecule has 2 rings (SSSR count). The zero-order valence-electron chi connectivity index (χ0n) is 13.5. The molecule has 0 saturated carbocycles. The molecule has 0 aliphatic heterocycles. The maximum absolute atomic E-state index is 12.4. The van der Waals surface area contributed by atoms with Crippen molar-refractivity contribution >= 4 is 23.2 Å². The number of benzene rings is 2. The Kier molecular flexibility index (Phi) is 5.36. The van der Waals surface area contributed by atoms with E-state index in [0.29, 0.717) is 29.3 Å². The molecule has 120 valence electrons. The third kappa shape index (κ3) is 4.32. The fourth-order valence-electron chi connectivity index (χ4n) is 2.13. The largest absolute Gasteiger partial charge is 0.492 e. The lowest BCUT2D eigenvalue weighted by Crippen LogP contribution is -2.14. The summed E-state index contributed by atoms with van der Waals surface area (Å²) in [5, 5.41) is 5.56. The first-order chi connectivity index (χ1) is 11.0. The van der Waals surface area contributed by atoms with Gasteiger partial charge in [0.2, 0.25) is 5.91 Å². The molecule has 2 aromatic rings. The highest BCUT2D eigenvalue weighted by molar-refractivity contribution is 6.06. The van der Waals surface area contributed by atoms with Crippen molar-refractivity contribution < 1.29 is 14.3 Å². The van der Waals surface area contributed by atoms with Gasteiger partial charge in [-0.2, -0.15) is 0 Å². The van der Waals surface area contributed by atoms with Crippen molar-refractivity contribution in [1.29, 1.82) is 0 Å². The summed E-state index contributed by atoms with van der Waals surface area (Å²) < 4.78 is 5.50. The van der Waals surface area contributed by atoms with Crippen LogP contribution in [0.15, 0.2) is 42.5 Å². The topological polar surface area (TPSA) is 67.4 Å². The van der Waals surface area contributed by atoms with Gasteiger partial charge in [0.05, 0.1) is 12.3 Å². The number of ether oxygens (including phenoxy) is 1. The first kappa shape index (κ1) is 16.5. The molecule has 0 bridgehead atoms. The maximum atomic E-state index is 12.4. The van der Waals surface area contributed by atoms with Crippen LogP contribution in [-0.4, -0.2) is 18.4 Å². The Balaban J connectivity index is 2.23. The van der Waals surface area contributed by atoms with Crippen LogP contribution in [0.1, 0.15) is 29.8 Å². The molecule has 0 unspecified atom stereocenters. The van der Waals surface area contributed by atoms with Gasteiger partial charge in [-0.25, -0.2) is 0 Å². The molecular formula is C18H20N2O3. The molecule has 2 N–H and O–H groups in total. The van der Waals surface area contributed by atoms with Crippen molar-refractivity contribution in [3.05, 3.63) is 53.6 Å². The van der Waals surface area contributed by atoms with E-state index < -0.39 is 0 Å². The summed E-state index contributed by atoms with van der Waals surface area (Å²) in [5.74, 6) is 0.189. The molecule has 0 heterocycles. The van der Waals surface area contributed by atoms with Crippen LogP contribution in [0, 0.1) is 6.92 Å². The second kappa shape index (κ2) is 7.45. The zero-order chi connectivity index (χ0) is 16.8. The van der Waals surface area contributed by atoms with E-state index in [-0.39, 0.29) is 11.8 Å². The number of hydrogen-bond donors (Lipinski definition) is 2. The van der Waals surface area contributed by atoms with Gasteiger partial charge < -0.3 is 15.4 Å². The average Bonchev–Trinajstić information content (AvgIpc) is 2.51. The van der Waals surface area contributed by atoms with E-state index in [9.17, 15) is 9.59 Å². The van der Waals surface area contributed by atoms with Crippen LogP contribution in [-0.2, 0) is 4.79 Å². The summed E-state index contributed by atoms with van der Waals surface area (Å²) in [7, 11) is 0. The molecule has 2 aromatic carbocycles. The van der Waals surface area contributed by atoms with E-state index in [1.165, 1.54) is 6.92 Å². The minimum absolute atomic E-state index is 0.174. The Morgan fingerprint density at radius 3 is 2.48 bits per heavy atom. The van der Waals surface area contributed by atoms with Crippen molar-refractivity contribution in [2.24, 2.45) is 0 Å². The quantitative estimate of drug-likeness (QED) is 0.886. The molecule has 0 aliphatic carbocycles. The summed E-state index contributed by atoms with van der Waals surface area (Å²) >= 11 is 0. The van der Waals surface area contributed by atoms with Crippen molar-refractivity contribution in [1.82, 2.24) is 0 Å². The Labute approximate surface area is 135 Å². The van der Waals surface area contributed by atoms with E-state index >= 15 is 0 Å². The number of rotatable bonds is 5. The van der Waals surface area contributed by atoms with Gasteiger partial charge in [0.15, 0.2) is 0 Å². The highest BCUT2D eigenvalue weighted by Gasteiger charge is 2.11. The van der Waals surface area contributed by atoms with Gasteiger partial charge >= 0.3 is 0 Å². The van der Waals surface area contributed by atoms with Crippen LogP contribution in [0.3, 0.4) is 0 Å². The Hall–Kier alpha value is -2.82. The van der Waals surface area contributed by atoms with Gasteiger partial charge in [0.25, 0.3) is 5.91 Å². The summed E-state index contributed by atoms with van der Waals surface area (Å²) in [6.07, 6.45) is 0. The maximum Gasteiger partial charge on any atom is 0.255 e.